The third-order valence-electron chi connectivity index (χ3n) is 4.92. The Hall–Kier alpha value is -2.15. The molecule has 1 aliphatic heterocycles. The number of nitrogens with one attached hydrogen (secondary N) is 3. The molecule has 1 saturated heterocycles. The molecule has 0 amide bonds. The number of methoxy groups -OCH3 is 1. The van der Waals surface area contributed by atoms with Gasteiger partial charge in [-0.25, -0.2) is 0 Å². The molecule has 1 heterocycles. The molecule has 1 atom stereocenters. The first-order valence-corrected chi connectivity index (χ1v) is 9.74. The second-order valence-corrected chi connectivity index (χ2v) is 7.21. The lowest BCUT2D eigenvalue weighted by Crippen LogP contribution is -3.15. The van der Waals surface area contributed by atoms with Crippen molar-refractivity contribution in [2.75, 3.05) is 45.3 Å². The Kier molecular flexibility index (Phi) is 7.04. The molecule has 0 saturated carbocycles. The first kappa shape index (κ1) is 19.6. The van der Waals surface area contributed by atoms with Crippen LogP contribution in [0.1, 0.15) is 17.2 Å². The Morgan fingerprint density at radius 3 is 2.41 bits per heavy atom. The lowest BCUT2D eigenvalue weighted by molar-refractivity contribution is -0.937. The highest BCUT2D eigenvalue weighted by atomic mass is 32.1. The molecule has 0 aliphatic carbocycles. The zero-order valence-electron chi connectivity index (χ0n) is 16.0. The van der Waals surface area contributed by atoms with E-state index < -0.39 is 0 Å². The number of morpholine rings is 1. The van der Waals surface area contributed by atoms with Crippen molar-refractivity contribution in [3.63, 3.8) is 0 Å². The predicted molar refractivity (Wildman–Crippen MR) is 113 cm³/mol. The molecule has 3 rings (SSSR count). The number of anilines is 1. The van der Waals surface area contributed by atoms with Crippen LogP contribution >= 0.6 is 12.2 Å². The quantitative estimate of drug-likeness (QED) is 0.663. The summed E-state index contributed by atoms with van der Waals surface area (Å²) in [4.78, 5) is 1.51. The average molecular weight is 387 g/mol. The highest BCUT2D eigenvalue weighted by Crippen LogP contribution is 2.16. The van der Waals surface area contributed by atoms with Gasteiger partial charge in [0.25, 0.3) is 0 Å². The monoisotopic (exact) mass is 386 g/mol. The zero-order valence-corrected chi connectivity index (χ0v) is 16.8. The summed E-state index contributed by atoms with van der Waals surface area (Å²) in [5.41, 5.74) is 3.51. The largest absolute Gasteiger partial charge is 0.497 e. The predicted octanol–water partition coefficient (Wildman–Crippen LogP) is 1.95. The van der Waals surface area contributed by atoms with Crippen LogP contribution in [0, 0.1) is 6.92 Å². The minimum Gasteiger partial charge on any atom is -0.497 e. The number of benzene rings is 2. The second kappa shape index (κ2) is 9.69. The van der Waals surface area contributed by atoms with Crippen LogP contribution in [0.4, 0.5) is 5.69 Å². The van der Waals surface area contributed by atoms with Gasteiger partial charge in [-0.15, -0.1) is 0 Å². The molecule has 0 spiro atoms. The van der Waals surface area contributed by atoms with E-state index in [2.05, 4.69) is 41.8 Å². The molecular weight excluding hydrogens is 358 g/mol. The molecule has 144 valence electrons. The van der Waals surface area contributed by atoms with Crippen LogP contribution in [-0.2, 0) is 4.74 Å². The van der Waals surface area contributed by atoms with E-state index in [0.717, 1.165) is 44.3 Å². The summed E-state index contributed by atoms with van der Waals surface area (Å²) in [6.45, 7) is 6.43. The van der Waals surface area contributed by atoms with Gasteiger partial charge in [0.15, 0.2) is 5.11 Å². The summed E-state index contributed by atoms with van der Waals surface area (Å²) in [6.07, 6.45) is 0. The fraction of sp³-hybridized carbons (Fsp3) is 0.381. The van der Waals surface area contributed by atoms with Gasteiger partial charge in [-0.3, -0.25) is 0 Å². The number of hydrogen-bond donors (Lipinski definition) is 3. The van der Waals surface area contributed by atoms with Gasteiger partial charge in [-0.05, 0) is 55.5 Å². The second-order valence-electron chi connectivity index (χ2n) is 6.80. The van der Waals surface area contributed by atoms with Gasteiger partial charge in [0.1, 0.15) is 24.9 Å². The van der Waals surface area contributed by atoms with E-state index in [4.69, 9.17) is 21.7 Å². The van der Waals surface area contributed by atoms with Crippen LogP contribution in [0.3, 0.4) is 0 Å². The minimum atomic E-state index is 0.303. The first-order valence-electron chi connectivity index (χ1n) is 9.33. The maximum atomic E-state index is 5.54. The summed E-state index contributed by atoms with van der Waals surface area (Å²) >= 11 is 5.50. The van der Waals surface area contributed by atoms with Crippen molar-refractivity contribution in [2.24, 2.45) is 0 Å². The number of ether oxygens (including phenoxy) is 2. The Labute approximate surface area is 166 Å². The van der Waals surface area contributed by atoms with Gasteiger partial charge < -0.3 is 25.0 Å². The number of rotatable bonds is 6. The summed E-state index contributed by atoms with van der Waals surface area (Å²) in [6, 6.07) is 16.9. The van der Waals surface area contributed by atoms with Crippen LogP contribution in [0.2, 0.25) is 0 Å². The van der Waals surface area contributed by atoms with Gasteiger partial charge in [-0.2, -0.15) is 0 Å². The van der Waals surface area contributed by atoms with E-state index in [0.29, 0.717) is 11.2 Å². The summed E-state index contributed by atoms with van der Waals surface area (Å²) in [5.74, 6) is 0.874. The summed E-state index contributed by atoms with van der Waals surface area (Å²) in [7, 11) is 1.69. The lowest BCUT2D eigenvalue weighted by atomic mass is 10.0. The van der Waals surface area contributed by atoms with Gasteiger partial charge >= 0.3 is 0 Å². The lowest BCUT2D eigenvalue weighted by Gasteiger charge is -2.32. The van der Waals surface area contributed by atoms with Crippen molar-refractivity contribution < 1.29 is 14.4 Å². The molecule has 3 N–H and O–H groups in total. The number of aryl methyl sites for hydroxylation is 1. The van der Waals surface area contributed by atoms with Gasteiger partial charge in [0, 0.05) is 11.3 Å². The maximum absolute atomic E-state index is 5.54. The van der Waals surface area contributed by atoms with Crippen LogP contribution in [0.25, 0.3) is 0 Å². The first-order chi connectivity index (χ1) is 13.2. The summed E-state index contributed by atoms with van der Waals surface area (Å²) in [5, 5.41) is 7.30. The maximum Gasteiger partial charge on any atom is 0.171 e. The van der Waals surface area contributed by atoms with Crippen molar-refractivity contribution in [2.45, 2.75) is 13.0 Å². The molecule has 0 unspecified atom stereocenters. The van der Waals surface area contributed by atoms with Crippen LogP contribution in [-0.4, -0.2) is 45.1 Å². The topological polar surface area (TPSA) is 47.0 Å². The zero-order chi connectivity index (χ0) is 19.1. The van der Waals surface area contributed by atoms with Gasteiger partial charge in [0.05, 0.1) is 26.9 Å². The van der Waals surface area contributed by atoms with Crippen molar-refractivity contribution in [1.29, 1.82) is 0 Å². The van der Waals surface area contributed by atoms with E-state index in [1.165, 1.54) is 16.0 Å². The van der Waals surface area contributed by atoms with E-state index in [1.807, 2.05) is 24.3 Å². The van der Waals surface area contributed by atoms with Gasteiger partial charge in [0.2, 0.25) is 0 Å². The standard InChI is InChI=1S/C21H27N3O2S/c1-16-3-7-18(8-4-16)23-21(27)22-15-20(24-11-13-26-14-12-24)17-5-9-19(25-2)10-6-17/h3-10,20H,11-15H2,1-2H3,(H2,22,23,27)/p+1/t20-/m0/s1. The molecule has 0 radical (unpaired) electrons. The smallest absolute Gasteiger partial charge is 0.171 e. The fourth-order valence-corrected chi connectivity index (χ4v) is 3.52. The molecular formula is C21H28N3O2S+. The number of hydrogen-bond acceptors (Lipinski definition) is 3. The Balaban J connectivity index is 1.64. The molecule has 0 bridgehead atoms. The number of quaternary nitrogens is 1. The fourth-order valence-electron chi connectivity index (χ4n) is 3.32. The SMILES string of the molecule is COc1ccc([C@H](CNC(=S)Nc2ccc(C)cc2)[NH+]2CCOCC2)cc1. The Bertz CT molecular complexity index is 728. The van der Waals surface area contributed by atoms with Crippen LogP contribution in [0.5, 0.6) is 5.75 Å². The van der Waals surface area contributed by atoms with E-state index >= 15 is 0 Å². The molecule has 1 fully saturated rings. The molecule has 6 heteroatoms. The van der Waals surface area contributed by atoms with E-state index in [1.54, 1.807) is 7.11 Å². The van der Waals surface area contributed by atoms with Crippen molar-refractivity contribution in [1.82, 2.24) is 5.32 Å². The molecule has 2 aromatic carbocycles. The molecule has 2 aromatic rings. The van der Waals surface area contributed by atoms with Crippen molar-refractivity contribution in [3.8, 4) is 5.75 Å². The van der Waals surface area contributed by atoms with Crippen molar-refractivity contribution in [3.05, 3.63) is 59.7 Å². The average Bonchev–Trinajstić information content (AvgIpc) is 2.71. The summed E-state index contributed by atoms with van der Waals surface area (Å²) < 4.78 is 10.8. The van der Waals surface area contributed by atoms with E-state index in [-0.39, 0.29) is 0 Å². The third-order valence-corrected chi connectivity index (χ3v) is 5.17. The highest BCUT2D eigenvalue weighted by molar-refractivity contribution is 7.80. The van der Waals surface area contributed by atoms with Crippen LogP contribution in [0.15, 0.2) is 48.5 Å². The van der Waals surface area contributed by atoms with Gasteiger partial charge in [-0.1, -0.05) is 17.7 Å². The van der Waals surface area contributed by atoms with Crippen LogP contribution < -0.4 is 20.3 Å². The molecule has 5 nitrogen and oxygen atoms in total. The van der Waals surface area contributed by atoms with Crippen molar-refractivity contribution >= 4 is 23.0 Å². The normalized spacial score (nSPS) is 15.8. The molecule has 0 aromatic heterocycles. The Morgan fingerprint density at radius 2 is 1.78 bits per heavy atom. The molecule has 27 heavy (non-hydrogen) atoms. The minimum absolute atomic E-state index is 0.303. The number of thiocarbonyl (C=S) groups is 1. The Morgan fingerprint density at radius 1 is 1.11 bits per heavy atom. The highest BCUT2D eigenvalue weighted by Gasteiger charge is 2.26. The molecule has 1 aliphatic rings. The third kappa shape index (κ3) is 5.66. The van der Waals surface area contributed by atoms with E-state index in [9.17, 15) is 0 Å².